The first-order chi connectivity index (χ1) is 16.8. The highest BCUT2D eigenvalue weighted by molar-refractivity contribution is 7.90. The van der Waals surface area contributed by atoms with Crippen molar-refractivity contribution in [1.29, 1.82) is 0 Å². The molecule has 3 aromatic heterocycles. The Morgan fingerprint density at radius 3 is 2.34 bits per heavy atom. The molecule has 0 spiro atoms. The summed E-state index contributed by atoms with van der Waals surface area (Å²) in [6, 6.07) is 9.39. The number of aromatic nitrogens is 3. The van der Waals surface area contributed by atoms with Crippen molar-refractivity contribution >= 4 is 21.1 Å². The van der Waals surface area contributed by atoms with Gasteiger partial charge in [0.15, 0.2) is 5.65 Å². The second-order valence-electron chi connectivity index (χ2n) is 8.88. The molecule has 0 aliphatic carbocycles. The average molecular weight is 495 g/mol. The van der Waals surface area contributed by atoms with E-state index in [9.17, 15) is 13.3 Å². The van der Waals surface area contributed by atoms with Crippen molar-refractivity contribution in [2.75, 3.05) is 0 Å². The molecule has 0 N–H and O–H groups in total. The van der Waals surface area contributed by atoms with Crippen LogP contribution in [0.15, 0.2) is 63.4 Å². The molecule has 3 heterocycles. The predicted molar refractivity (Wildman–Crippen MR) is 136 cm³/mol. The number of fused-ring (bicyclic) bond motifs is 1. The van der Waals surface area contributed by atoms with E-state index in [1.54, 1.807) is 36.5 Å². The lowest BCUT2D eigenvalue weighted by Crippen LogP contribution is -2.13. The molecule has 0 aliphatic rings. The van der Waals surface area contributed by atoms with Gasteiger partial charge in [0.25, 0.3) is 10.0 Å². The smallest absolute Gasteiger partial charge is 0.269 e. The van der Waals surface area contributed by atoms with E-state index in [0.29, 0.717) is 22.4 Å². The molecule has 8 nitrogen and oxygen atoms in total. The van der Waals surface area contributed by atoms with Crippen LogP contribution in [0.1, 0.15) is 62.6 Å². The predicted octanol–water partition coefficient (Wildman–Crippen LogP) is 6.57. The third-order valence-corrected chi connectivity index (χ3v) is 8.13. The molecule has 1 atom stereocenters. The normalized spacial score (nSPS) is 12.9. The van der Waals surface area contributed by atoms with Crippen molar-refractivity contribution < 1.29 is 12.9 Å². The number of hydrogen-bond acceptors (Lipinski definition) is 7. The summed E-state index contributed by atoms with van der Waals surface area (Å²) in [5, 5.41) is 8.15. The first kappa shape index (κ1) is 24.8. The summed E-state index contributed by atoms with van der Waals surface area (Å²) in [6.07, 6.45) is 6.59. The summed E-state index contributed by atoms with van der Waals surface area (Å²) in [4.78, 5) is 17.0. The van der Waals surface area contributed by atoms with Crippen LogP contribution in [0.5, 0.6) is 0 Å². The Morgan fingerprint density at radius 2 is 1.77 bits per heavy atom. The van der Waals surface area contributed by atoms with E-state index in [1.807, 2.05) is 19.9 Å². The minimum atomic E-state index is -3.94. The third-order valence-electron chi connectivity index (χ3n) is 6.46. The summed E-state index contributed by atoms with van der Waals surface area (Å²) >= 11 is 0. The van der Waals surface area contributed by atoms with E-state index in [2.05, 4.69) is 29.2 Å². The molecule has 1 aromatic carbocycles. The monoisotopic (exact) mass is 494 g/mol. The molecule has 0 aliphatic heterocycles. The zero-order chi connectivity index (χ0) is 25.2. The van der Waals surface area contributed by atoms with Gasteiger partial charge in [-0.25, -0.2) is 17.4 Å². The molecule has 0 radical (unpaired) electrons. The summed E-state index contributed by atoms with van der Waals surface area (Å²) in [5.74, 6) is 0.644. The van der Waals surface area contributed by atoms with Crippen molar-refractivity contribution in [2.45, 2.75) is 64.3 Å². The van der Waals surface area contributed by atoms with Gasteiger partial charge in [-0.05, 0) is 50.8 Å². The van der Waals surface area contributed by atoms with Gasteiger partial charge in [0.05, 0.1) is 10.6 Å². The largest absolute Gasteiger partial charge is 0.361 e. The number of nitroso groups, excluding NO2 is 1. The van der Waals surface area contributed by atoms with Gasteiger partial charge in [-0.2, -0.15) is 4.91 Å². The van der Waals surface area contributed by atoms with Gasteiger partial charge in [0.2, 0.25) is 0 Å². The van der Waals surface area contributed by atoms with E-state index < -0.39 is 16.1 Å². The Morgan fingerprint density at radius 1 is 1.09 bits per heavy atom. The highest BCUT2D eigenvalue weighted by Crippen LogP contribution is 2.40. The molecule has 9 heteroatoms. The van der Waals surface area contributed by atoms with Crippen molar-refractivity contribution in [3.05, 3.63) is 70.7 Å². The summed E-state index contributed by atoms with van der Waals surface area (Å²) in [6.45, 7) is 7.81. The second-order valence-corrected chi connectivity index (χ2v) is 10.7. The minimum Gasteiger partial charge on any atom is -0.361 e. The van der Waals surface area contributed by atoms with Crippen LogP contribution in [0.2, 0.25) is 0 Å². The molecule has 184 valence electrons. The first-order valence-electron chi connectivity index (χ1n) is 11.9. The Kier molecular flexibility index (Phi) is 7.16. The van der Waals surface area contributed by atoms with Gasteiger partial charge < -0.3 is 4.52 Å². The molecular weight excluding hydrogens is 464 g/mol. The van der Waals surface area contributed by atoms with E-state index in [0.717, 1.165) is 36.8 Å². The maximum Gasteiger partial charge on any atom is 0.269 e. The minimum absolute atomic E-state index is 0.00343. The standard InChI is InChI=1S/C26H30N4O4S/c1-5-10-19(11-6-2)25(28-31)23-16-30(35(32,33)21-12-8-7-9-13-21)26-22(23)14-20(15-27-26)24-17(3)29-34-18(24)4/h7-9,12-16,19,25H,5-6,10-11H2,1-4H3. The maximum atomic E-state index is 13.6. The van der Waals surface area contributed by atoms with Gasteiger partial charge in [0, 0.05) is 34.5 Å². The van der Waals surface area contributed by atoms with Crippen LogP contribution in [-0.2, 0) is 10.0 Å². The zero-order valence-electron chi connectivity index (χ0n) is 20.4. The number of nitrogens with zero attached hydrogens (tertiary/aromatic N) is 4. The molecule has 0 saturated carbocycles. The molecule has 0 saturated heterocycles. The van der Waals surface area contributed by atoms with E-state index in [-0.39, 0.29) is 16.5 Å². The highest BCUT2D eigenvalue weighted by Gasteiger charge is 2.30. The molecular formula is C26H30N4O4S. The lowest BCUT2D eigenvalue weighted by Gasteiger charge is -2.20. The summed E-state index contributed by atoms with van der Waals surface area (Å²) < 4.78 is 33.7. The molecule has 0 bridgehead atoms. The van der Waals surface area contributed by atoms with Crippen molar-refractivity contribution in [3.8, 4) is 11.1 Å². The van der Waals surface area contributed by atoms with Gasteiger partial charge in [-0.1, -0.05) is 55.2 Å². The van der Waals surface area contributed by atoms with Crippen LogP contribution >= 0.6 is 0 Å². The lowest BCUT2D eigenvalue weighted by atomic mass is 9.86. The molecule has 1 unspecified atom stereocenters. The van der Waals surface area contributed by atoms with Gasteiger partial charge in [0.1, 0.15) is 11.8 Å². The molecule has 0 fully saturated rings. The lowest BCUT2D eigenvalue weighted by molar-refractivity contribution is 0.370. The number of benzene rings is 1. The number of pyridine rings is 1. The van der Waals surface area contributed by atoms with Gasteiger partial charge >= 0.3 is 0 Å². The Balaban J connectivity index is 1.99. The van der Waals surface area contributed by atoms with Crippen molar-refractivity contribution in [2.24, 2.45) is 11.1 Å². The maximum absolute atomic E-state index is 13.6. The third kappa shape index (κ3) is 4.52. The Bertz CT molecular complexity index is 1420. The molecule has 0 amide bonds. The van der Waals surface area contributed by atoms with Crippen LogP contribution in [0.25, 0.3) is 22.2 Å². The number of rotatable bonds is 10. The Labute approximate surface area is 205 Å². The van der Waals surface area contributed by atoms with E-state index >= 15 is 0 Å². The van der Waals surface area contributed by atoms with Gasteiger partial charge in [-0.3, -0.25) is 0 Å². The Hall–Kier alpha value is -3.33. The zero-order valence-corrected chi connectivity index (χ0v) is 21.2. The van der Waals surface area contributed by atoms with Crippen molar-refractivity contribution in [3.63, 3.8) is 0 Å². The fraction of sp³-hybridized carbons (Fsp3) is 0.385. The number of hydrogen-bond donors (Lipinski definition) is 0. The fourth-order valence-corrected chi connectivity index (χ4v) is 6.21. The van der Waals surface area contributed by atoms with Crippen LogP contribution in [-0.4, -0.2) is 22.5 Å². The molecule has 4 rings (SSSR count). The second kappa shape index (κ2) is 10.1. The van der Waals surface area contributed by atoms with Crippen LogP contribution < -0.4 is 0 Å². The highest BCUT2D eigenvalue weighted by atomic mass is 32.2. The van der Waals surface area contributed by atoms with Gasteiger partial charge in [-0.15, -0.1) is 0 Å². The van der Waals surface area contributed by atoms with E-state index in [4.69, 9.17) is 4.52 Å². The quantitative estimate of drug-likeness (QED) is 0.231. The average Bonchev–Trinajstić information content (AvgIpc) is 3.40. The summed E-state index contributed by atoms with van der Waals surface area (Å²) in [5.41, 5.74) is 3.10. The molecule has 35 heavy (non-hydrogen) atoms. The SMILES string of the molecule is CCCC(CCC)C(N=O)c1cn(S(=O)(=O)c2ccccc2)c2ncc(-c3c(C)noc3C)cc12. The first-order valence-corrected chi connectivity index (χ1v) is 13.3. The van der Waals surface area contributed by atoms with Crippen LogP contribution in [0.3, 0.4) is 0 Å². The van der Waals surface area contributed by atoms with Crippen molar-refractivity contribution in [1.82, 2.24) is 14.1 Å². The van der Waals surface area contributed by atoms with Crippen LogP contribution in [0, 0.1) is 24.7 Å². The fourth-order valence-electron chi connectivity index (χ4n) is 4.86. The van der Waals surface area contributed by atoms with E-state index in [1.165, 1.54) is 10.2 Å². The number of aryl methyl sites for hydroxylation is 2. The summed E-state index contributed by atoms with van der Waals surface area (Å²) in [7, 11) is -3.94. The molecule has 4 aromatic rings. The topological polar surface area (TPSA) is 107 Å². The van der Waals surface area contributed by atoms with Crippen LogP contribution in [0.4, 0.5) is 0 Å².